The normalized spacial score (nSPS) is 23.0. The number of nitrogens with one attached hydrogen (secondary N) is 1. The summed E-state index contributed by atoms with van der Waals surface area (Å²) in [5.74, 6) is 1.75. The molecule has 0 unspecified atom stereocenters. The first-order valence-electron chi connectivity index (χ1n) is 9.39. The molecular formula is C19H25ClN6O. The van der Waals surface area contributed by atoms with Crippen molar-refractivity contribution in [1.82, 2.24) is 29.9 Å². The van der Waals surface area contributed by atoms with Gasteiger partial charge in [0.1, 0.15) is 5.82 Å². The molecule has 8 heteroatoms. The van der Waals surface area contributed by atoms with Crippen LogP contribution in [0.25, 0.3) is 11.4 Å². The van der Waals surface area contributed by atoms with Gasteiger partial charge in [-0.2, -0.15) is 0 Å². The molecule has 2 aliphatic heterocycles. The van der Waals surface area contributed by atoms with Crippen molar-refractivity contribution in [2.45, 2.75) is 44.9 Å². The molecule has 1 N–H and O–H groups in total. The number of urea groups is 1. The highest BCUT2D eigenvalue weighted by atomic mass is 35.5. The van der Waals surface area contributed by atoms with E-state index in [1.807, 2.05) is 40.8 Å². The van der Waals surface area contributed by atoms with Crippen LogP contribution in [0.5, 0.6) is 0 Å². The predicted octanol–water partition coefficient (Wildman–Crippen LogP) is 2.51. The summed E-state index contributed by atoms with van der Waals surface area (Å²) in [7, 11) is 1.99. The van der Waals surface area contributed by atoms with Gasteiger partial charge in [0.15, 0.2) is 5.82 Å². The van der Waals surface area contributed by atoms with E-state index in [1.54, 1.807) is 0 Å². The molecule has 0 saturated carbocycles. The third-order valence-corrected chi connectivity index (χ3v) is 5.80. The number of hydrogen-bond donors (Lipinski definition) is 1. The number of fused-ring (bicyclic) bond motifs is 1. The Bertz CT molecular complexity index is 833. The molecule has 2 fully saturated rings. The fraction of sp³-hybridized carbons (Fsp3) is 0.526. The van der Waals surface area contributed by atoms with Gasteiger partial charge in [-0.05, 0) is 44.5 Å². The monoisotopic (exact) mass is 388 g/mol. The third kappa shape index (κ3) is 3.41. The Balaban J connectivity index is 1.45. The molecule has 0 aliphatic carbocycles. The van der Waals surface area contributed by atoms with E-state index in [9.17, 15) is 4.79 Å². The van der Waals surface area contributed by atoms with Gasteiger partial charge in [-0.1, -0.05) is 11.6 Å². The molecule has 4 rings (SSSR count). The van der Waals surface area contributed by atoms with E-state index in [2.05, 4.69) is 34.3 Å². The van der Waals surface area contributed by atoms with Crippen LogP contribution in [0.1, 0.15) is 26.1 Å². The molecule has 2 saturated heterocycles. The third-order valence-electron chi connectivity index (χ3n) is 5.55. The Kier molecular flexibility index (Phi) is 4.82. The van der Waals surface area contributed by atoms with E-state index < -0.39 is 0 Å². The van der Waals surface area contributed by atoms with E-state index in [0.717, 1.165) is 43.3 Å². The lowest BCUT2D eigenvalue weighted by atomic mass is 9.99. The second-order valence-electron chi connectivity index (χ2n) is 7.65. The van der Waals surface area contributed by atoms with Crippen LogP contribution in [0.3, 0.4) is 0 Å². The van der Waals surface area contributed by atoms with Gasteiger partial charge in [0.2, 0.25) is 0 Å². The maximum atomic E-state index is 12.2. The number of piperidine rings is 1. The van der Waals surface area contributed by atoms with Crippen LogP contribution in [-0.2, 0) is 13.6 Å². The number of nitrogens with zero attached hydrogens (tertiary/aromatic N) is 5. The molecule has 144 valence electrons. The largest absolute Gasteiger partial charge is 0.332 e. The lowest BCUT2D eigenvalue weighted by molar-refractivity contribution is 0.120. The Labute approximate surface area is 164 Å². The number of rotatable bonds is 4. The maximum Gasteiger partial charge on any atom is 0.318 e. The first-order valence-corrected chi connectivity index (χ1v) is 9.77. The molecule has 1 aromatic carbocycles. The minimum Gasteiger partial charge on any atom is -0.332 e. The molecule has 0 radical (unpaired) electrons. The molecule has 3 heterocycles. The summed E-state index contributed by atoms with van der Waals surface area (Å²) < 4.78 is 2.03. The molecule has 2 atom stereocenters. The van der Waals surface area contributed by atoms with Crippen molar-refractivity contribution in [3.63, 3.8) is 0 Å². The van der Waals surface area contributed by atoms with Crippen molar-refractivity contribution in [2.75, 3.05) is 13.1 Å². The second kappa shape index (κ2) is 7.13. The first-order chi connectivity index (χ1) is 12.9. The molecule has 0 bridgehead atoms. The van der Waals surface area contributed by atoms with Gasteiger partial charge in [-0.3, -0.25) is 4.90 Å². The average Bonchev–Trinajstić information content (AvgIpc) is 3.15. The number of likely N-dealkylation sites (tertiary alicyclic amines) is 1. The molecule has 27 heavy (non-hydrogen) atoms. The maximum absolute atomic E-state index is 12.2. The zero-order valence-electron chi connectivity index (χ0n) is 15.9. The van der Waals surface area contributed by atoms with Crippen LogP contribution in [0.4, 0.5) is 4.79 Å². The van der Waals surface area contributed by atoms with Crippen molar-refractivity contribution >= 4 is 17.6 Å². The van der Waals surface area contributed by atoms with E-state index >= 15 is 0 Å². The summed E-state index contributed by atoms with van der Waals surface area (Å²) in [5.41, 5.74) is 0.995. The van der Waals surface area contributed by atoms with Gasteiger partial charge in [0, 0.05) is 36.8 Å². The van der Waals surface area contributed by atoms with Gasteiger partial charge in [-0.25, -0.2) is 4.79 Å². The van der Waals surface area contributed by atoms with Crippen LogP contribution in [-0.4, -0.2) is 61.8 Å². The second-order valence-corrected chi connectivity index (χ2v) is 8.09. The van der Waals surface area contributed by atoms with Gasteiger partial charge < -0.3 is 14.8 Å². The Morgan fingerprint density at radius 1 is 1.26 bits per heavy atom. The summed E-state index contributed by atoms with van der Waals surface area (Å²) in [6, 6.07) is 8.39. The highest BCUT2D eigenvalue weighted by Crippen LogP contribution is 2.26. The Hall–Kier alpha value is -2.12. The summed E-state index contributed by atoms with van der Waals surface area (Å²) in [4.78, 5) is 16.6. The minimum absolute atomic E-state index is 0.0607. The van der Waals surface area contributed by atoms with Gasteiger partial charge in [0.05, 0.1) is 18.6 Å². The van der Waals surface area contributed by atoms with Crippen molar-refractivity contribution in [3.05, 3.63) is 35.1 Å². The molecule has 2 aromatic rings. The van der Waals surface area contributed by atoms with Crippen LogP contribution in [0.15, 0.2) is 24.3 Å². The topological polar surface area (TPSA) is 66.3 Å². The lowest BCUT2D eigenvalue weighted by Crippen LogP contribution is -2.52. The first kappa shape index (κ1) is 18.3. The highest BCUT2D eigenvalue weighted by molar-refractivity contribution is 6.30. The van der Waals surface area contributed by atoms with Crippen LogP contribution in [0.2, 0.25) is 5.02 Å². The van der Waals surface area contributed by atoms with Crippen molar-refractivity contribution in [1.29, 1.82) is 0 Å². The van der Waals surface area contributed by atoms with E-state index in [0.29, 0.717) is 5.02 Å². The number of benzene rings is 1. The van der Waals surface area contributed by atoms with Gasteiger partial charge in [-0.15, -0.1) is 10.2 Å². The summed E-state index contributed by atoms with van der Waals surface area (Å²) in [6.45, 7) is 6.65. The number of halogens is 1. The van der Waals surface area contributed by atoms with Gasteiger partial charge >= 0.3 is 6.03 Å². The fourth-order valence-electron chi connectivity index (χ4n) is 4.18. The minimum atomic E-state index is 0.0607. The van der Waals surface area contributed by atoms with Crippen molar-refractivity contribution in [2.24, 2.45) is 7.05 Å². The number of hydrogen-bond acceptors (Lipinski definition) is 4. The Morgan fingerprint density at radius 3 is 2.70 bits per heavy atom. The number of carbonyl (C=O) groups excluding carboxylic acids is 1. The molecular weight excluding hydrogens is 364 g/mol. The number of aromatic nitrogens is 3. The fourth-order valence-corrected chi connectivity index (χ4v) is 4.30. The Morgan fingerprint density at radius 2 is 2.00 bits per heavy atom. The smallest absolute Gasteiger partial charge is 0.318 e. The summed E-state index contributed by atoms with van der Waals surface area (Å²) in [5, 5.41) is 12.6. The van der Waals surface area contributed by atoms with E-state index in [1.165, 1.54) is 0 Å². The van der Waals surface area contributed by atoms with Crippen molar-refractivity contribution < 1.29 is 4.79 Å². The van der Waals surface area contributed by atoms with Crippen molar-refractivity contribution in [3.8, 4) is 11.4 Å². The zero-order chi connectivity index (χ0) is 19.1. The SMILES string of the molecule is CC(C)N1C(=O)N[C@@H]2CN(Cc3nnc(-c4ccc(Cl)cc4)n3C)CC[C@@H]21. The summed E-state index contributed by atoms with van der Waals surface area (Å²) >= 11 is 5.97. The lowest BCUT2D eigenvalue weighted by Gasteiger charge is -2.37. The molecule has 7 nitrogen and oxygen atoms in total. The quantitative estimate of drug-likeness (QED) is 0.873. The highest BCUT2D eigenvalue weighted by Gasteiger charge is 2.43. The predicted molar refractivity (Wildman–Crippen MR) is 104 cm³/mol. The van der Waals surface area contributed by atoms with Gasteiger partial charge in [0.25, 0.3) is 0 Å². The zero-order valence-corrected chi connectivity index (χ0v) is 16.6. The molecule has 1 aromatic heterocycles. The van der Waals surface area contributed by atoms with Crippen LogP contribution in [0, 0.1) is 0 Å². The number of carbonyl (C=O) groups is 1. The van der Waals surface area contributed by atoms with Crippen LogP contribution >= 0.6 is 11.6 Å². The van der Waals surface area contributed by atoms with Crippen LogP contribution < -0.4 is 5.32 Å². The standard InChI is InChI=1S/C19H25ClN6O/c1-12(2)26-16-8-9-25(10-15(16)21-19(26)27)11-17-22-23-18(24(17)3)13-4-6-14(20)7-5-13/h4-7,12,15-16H,8-11H2,1-3H3,(H,21,27)/t15-,16+/m1/s1. The average molecular weight is 389 g/mol. The number of amides is 2. The van der Waals surface area contributed by atoms with E-state index in [-0.39, 0.29) is 24.2 Å². The molecule has 2 amide bonds. The van der Waals surface area contributed by atoms with E-state index in [4.69, 9.17) is 11.6 Å². The summed E-state index contributed by atoms with van der Waals surface area (Å²) in [6.07, 6.45) is 0.976. The molecule has 2 aliphatic rings. The molecule has 0 spiro atoms.